The van der Waals surface area contributed by atoms with E-state index in [-0.39, 0.29) is 0 Å². The molecule has 1 N–H and O–H groups in total. The second kappa shape index (κ2) is 6.43. The van der Waals surface area contributed by atoms with E-state index in [0.29, 0.717) is 5.92 Å². The fraction of sp³-hybridized carbons (Fsp3) is 0.615. The molecule has 0 saturated heterocycles. The molecule has 6 heteroatoms. The van der Waals surface area contributed by atoms with Crippen molar-refractivity contribution in [1.82, 2.24) is 15.2 Å². The Balaban J connectivity index is 2.19. The topological polar surface area (TPSA) is 50.7 Å². The van der Waals surface area contributed by atoms with Gasteiger partial charge in [-0.05, 0) is 18.8 Å². The van der Waals surface area contributed by atoms with Gasteiger partial charge in [0.2, 0.25) is 5.13 Å². The summed E-state index contributed by atoms with van der Waals surface area (Å²) in [5.74, 6) is 0.605. The Bertz CT molecular complexity index is 530. The van der Waals surface area contributed by atoms with Crippen LogP contribution in [0.15, 0.2) is 0 Å². The predicted octanol–water partition coefficient (Wildman–Crippen LogP) is 3.85. The monoisotopic (exact) mass is 296 g/mol. The molecule has 4 nitrogen and oxygen atoms in total. The molecule has 0 spiro atoms. The van der Waals surface area contributed by atoms with Crippen molar-refractivity contribution < 1.29 is 0 Å². The third-order valence-electron chi connectivity index (χ3n) is 2.66. The summed E-state index contributed by atoms with van der Waals surface area (Å²) in [6.07, 6.45) is 1.93. The fourth-order valence-electron chi connectivity index (χ4n) is 1.64. The number of hydrogen-bond donors (Lipinski definition) is 1. The first-order chi connectivity index (χ1) is 9.13. The fourth-order valence-corrected chi connectivity index (χ4v) is 3.57. The number of rotatable bonds is 6. The van der Waals surface area contributed by atoms with Gasteiger partial charge in [-0.25, -0.2) is 4.98 Å². The summed E-state index contributed by atoms with van der Waals surface area (Å²) < 4.78 is 0. The number of aryl methyl sites for hydroxylation is 2. The molecule has 0 saturated carbocycles. The van der Waals surface area contributed by atoms with Crippen LogP contribution in [0.25, 0.3) is 9.88 Å². The Hall–Kier alpha value is -1.01. The molecule has 2 aromatic rings. The summed E-state index contributed by atoms with van der Waals surface area (Å²) >= 11 is 3.36. The number of nitrogens with one attached hydrogen (secondary N) is 1. The summed E-state index contributed by atoms with van der Waals surface area (Å²) in [4.78, 5) is 5.83. The Morgan fingerprint density at radius 3 is 2.53 bits per heavy atom. The van der Waals surface area contributed by atoms with Crippen LogP contribution in [-0.4, -0.2) is 21.7 Å². The van der Waals surface area contributed by atoms with E-state index in [1.807, 2.05) is 0 Å². The largest absolute Gasteiger partial charge is 0.360 e. The molecule has 0 amide bonds. The van der Waals surface area contributed by atoms with Crippen LogP contribution in [0.2, 0.25) is 0 Å². The summed E-state index contributed by atoms with van der Waals surface area (Å²) in [6.45, 7) is 9.56. The van der Waals surface area contributed by atoms with Gasteiger partial charge in [-0.15, -0.1) is 21.5 Å². The van der Waals surface area contributed by atoms with Crippen LogP contribution < -0.4 is 5.32 Å². The van der Waals surface area contributed by atoms with Crippen LogP contribution in [0.3, 0.4) is 0 Å². The van der Waals surface area contributed by atoms with Gasteiger partial charge in [0.05, 0.1) is 15.6 Å². The van der Waals surface area contributed by atoms with Crippen molar-refractivity contribution in [3.8, 4) is 9.88 Å². The highest BCUT2D eigenvalue weighted by atomic mass is 32.1. The number of aromatic nitrogens is 3. The van der Waals surface area contributed by atoms with E-state index in [2.05, 4.69) is 48.2 Å². The van der Waals surface area contributed by atoms with Gasteiger partial charge >= 0.3 is 0 Å². The van der Waals surface area contributed by atoms with Crippen LogP contribution in [0.4, 0.5) is 5.13 Å². The molecule has 104 valence electrons. The Kier molecular flexibility index (Phi) is 4.87. The molecule has 2 heterocycles. The van der Waals surface area contributed by atoms with Crippen LogP contribution in [0.1, 0.15) is 38.4 Å². The summed E-state index contributed by atoms with van der Waals surface area (Å²) in [6, 6.07) is 0. The minimum atomic E-state index is 0.605. The van der Waals surface area contributed by atoms with Gasteiger partial charge < -0.3 is 5.32 Å². The molecular formula is C13H20N4S2. The van der Waals surface area contributed by atoms with Crippen molar-refractivity contribution in [3.63, 3.8) is 0 Å². The van der Waals surface area contributed by atoms with Gasteiger partial charge in [-0.3, -0.25) is 0 Å². The lowest BCUT2D eigenvalue weighted by Crippen LogP contribution is -2.07. The van der Waals surface area contributed by atoms with Crippen molar-refractivity contribution in [3.05, 3.63) is 10.7 Å². The maximum absolute atomic E-state index is 4.64. The van der Waals surface area contributed by atoms with Gasteiger partial charge in [0, 0.05) is 6.54 Å². The molecular weight excluding hydrogens is 276 g/mol. The predicted molar refractivity (Wildman–Crippen MR) is 83.1 cm³/mol. The molecule has 0 aliphatic rings. The molecule has 19 heavy (non-hydrogen) atoms. The van der Waals surface area contributed by atoms with Crippen molar-refractivity contribution in [2.75, 3.05) is 11.9 Å². The normalized spacial score (nSPS) is 11.2. The number of thiazole rings is 1. The first-order valence-corrected chi connectivity index (χ1v) is 8.33. The van der Waals surface area contributed by atoms with E-state index >= 15 is 0 Å². The summed E-state index contributed by atoms with van der Waals surface area (Å²) in [5, 5.41) is 14.9. The standard InChI is InChI=1S/C13H20N4S2/c1-5-9-11(18-10(6-2)15-9)12-16-17-13(19-12)14-7-8(3)4/h8H,5-7H2,1-4H3,(H,14,17). The lowest BCUT2D eigenvalue weighted by Gasteiger charge is -2.03. The van der Waals surface area contributed by atoms with Crippen LogP contribution >= 0.6 is 22.7 Å². The maximum atomic E-state index is 4.64. The third-order valence-corrected chi connectivity index (χ3v) is 4.94. The smallest absolute Gasteiger partial charge is 0.206 e. The van der Waals surface area contributed by atoms with Crippen LogP contribution in [-0.2, 0) is 12.8 Å². The minimum absolute atomic E-state index is 0.605. The van der Waals surface area contributed by atoms with Gasteiger partial charge in [0.15, 0.2) is 5.01 Å². The molecule has 2 aromatic heterocycles. The maximum Gasteiger partial charge on any atom is 0.206 e. The van der Waals surface area contributed by atoms with Crippen molar-refractivity contribution in [1.29, 1.82) is 0 Å². The lowest BCUT2D eigenvalue weighted by atomic mass is 10.2. The minimum Gasteiger partial charge on any atom is -0.360 e. The first kappa shape index (κ1) is 14.4. The third kappa shape index (κ3) is 3.51. The molecule has 0 bridgehead atoms. The van der Waals surface area contributed by atoms with Crippen LogP contribution in [0.5, 0.6) is 0 Å². The molecule has 0 unspecified atom stereocenters. The highest BCUT2D eigenvalue weighted by Crippen LogP contribution is 2.34. The van der Waals surface area contributed by atoms with E-state index in [4.69, 9.17) is 0 Å². The van der Waals surface area contributed by atoms with Crippen molar-refractivity contribution in [2.24, 2.45) is 5.92 Å². The van der Waals surface area contributed by atoms with E-state index in [1.165, 1.54) is 9.88 Å². The lowest BCUT2D eigenvalue weighted by molar-refractivity contribution is 0.687. The van der Waals surface area contributed by atoms with Gasteiger partial charge in [0.1, 0.15) is 0 Å². The molecule has 0 atom stereocenters. The molecule has 0 aliphatic carbocycles. The molecule has 2 rings (SSSR count). The van der Waals surface area contributed by atoms with Crippen molar-refractivity contribution >= 4 is 27.8 Å². The molecule has 0 aliphatic heterocycles. The zero-order chi connectivity index (χ0) is 13.8. The first-order valence-electron chi connectivity index (χ1n) is 6.70. The SMILES string of the molecule is CCc1nc(CC)c(-c2nnc(NCC(C)C)s2)s1. The second-order valence-corrected chi connectivity index (χ2v) is 6.84. The molecule has 0 aromatic carbocycles. The van der Waals surface area contributed by atoms with Gasteiger partial charge in [-0.2, -0.15) is 0 Å². The highest BCUT2D eigenvalue weighted by Gasteiger charge is 2.15. The Labute approximate surface area is 122 Å². The Morgan fingerprint density at radius 2 is 1.89 bits per heavy atom. The average molecular weight is 296 g/mol. The number of nitrogens with zero attached hydrogens (tertiary/aromatic N) is 3. The molecule has 0 fully saturated rings. The number of hydrogen-bond acceptors (Lipinski definition) is 6. The van der Waals surface area contributed by atoms with Gasteiger partial charge in [-0.1, -0.05) is 39.0 Å². The van der Waals surface area contributed by atoms with E-state index < -0.39 is 0 Å². The molecule has 0 radical (unpaired) electrons. The zero-order valence-corrected chi connectivity index (χ0v) is 13.5. The van der Waals surface area contributed by atoms with E-state index in [1.54, 1.807) is 22.7 Å². The summed E-state index contributed by atoms with van der Waals surface area (Å²) in [5.41, 5.74) is 1.15. The average Bonchev–Trinajstić information content (AvgIpc) is 3.02. The highest BCUT2D eigenvalue weighted by molar-refractivity contribution is 7.23. The second-order valence-electron chi connectivity index (χ2n) is 4.78. The van der Waals surface area contributed by atoms with Crippen LogP contribution in [0, 0.1) is 5.92 Å². The quantitative estimate of drug-likeness (QED) is 0.879. The van der Waals surface area contributed by atoms with Gasteiger partial charge in [0.25, 0.3) is 0 Å². The number of anilines is 1. The Morgan fingerprint density at radius 1 is 1.11 bits per heavy atom. The zero-order valence-electron chi connectivity index (χ0n) is 11.9. The van der Waals surface area contributed by atoms with E-state index in [9.17, 15) is 0 Å². The summed E-state index contributed by atoms with van der Waals surface area (Å²) in [7, 11) is 0. The van der Waals surface area contributed by atoms with Crippen molar-refractivity contribution in [2.45, 2.75) is 40.5 Å². The van der Waals surface area contributed by atoms with E-state index in [0.717, 1.165) is 35.2 Å².